The minimum Gasteiger partial charge on any atom is -0.352 e. The van der Waals surface area contributed by atoms with E-state index in [1.165, 1.54) is 22.3 Å². The lowest BCUT2D eigenvalue weighted by Gasteiger charge is -2.12. The summed E-state index contributed by atoms with van der Waals surface area (Å²) in [5.41, 5.74) is 10.2. The second-order valence-electron chi connectivity index (χ2n) is 4.19. The molecule has 0 aliphatic heterocycles. The molecule has 0 heterocycles. The largest absolute Gasteiger partial charge is 0.352 e. The first-order chi connectivity index (χ1) is 7.54. The zero-order chi connectivity index (χ0) is 12.1. The van der Waals surface area contributed by atoms with Crippen molar-refractivity contribution in [1.82, 2.24) is 5.32 Å². The highest BCUT2D eigenvalue weighted by molar-refractivity contribution is 5.85. The molecular formula is C13H21ClN2O. The third-order valence-electron chi connectivity index (χ3n) is 2.67. The second-order valence-corrected chi connectivity index (χ2v) is 4.19. The maximum absolute atomic E-state index is 11.3. The monoisotopic (exact) mass is 256 g/mol. The Balaban J connectivity index is 0.00000256. The smallest absolute Gasteiger partial charge is 0.221 e. The third kappa shape index (κ3) is 4.75. The molecule has 0 saturated carbocycles. The third-order valence-corrected chi connectivity index (χ3v) is 2.67. The van der Waals surface area contributed by atoms with Crippen LogP contribution in [0.2, 0.25) is 0 Å². The number of hydrogen-bond acceptors (Lipinski definition) is 2. The van der Waals surface area contributed by atoms with Gasteiger partial charge in [0, 0.05) is 19.5 Å². The Labute approximate surface area is 109 Å². The van der Waals surface area contributed by atoms with Crippen molar-refractivity contribution in [1.29, 1.82) is 0 Å². The van der Waals surface area contributed by atoms with Crippen molar-refractivity contribution in [3.63, 3.8) is 0 Å². The van der Waals surface area contributed by atoms with Crippen LogP contribution in [0.5, 0.6) is 0 Å². The van der Waals surface area contributed by atoms with E-state index in [0.717, 1.165) is 0 Å². The van der Waals surface area contributed by atoms with Crippen LogP contribution in [0.3, 0.4) is 0 Å². The minimum absolute atomic E-state index is 0. The Kier molecular flexibility index (Phi) is 6.85. The number of amides is 1. The van der Waals surface area contributed by atoms with Crippen LogP contribution in [-0.4, -0.2) is 12.5 Å². The van der Waals surface area contributed by atoms with Gasteiger partial charge in [0.25, 0.3) is 0 Å². The van der Waals surface area contributed by atoms with Gasteiger partial charge >= 0.3 is 0 Å². The van der Waals surface area contributed by atoms with Crippen LogP contribution in [0.1, 0.15) is 28.7 Å². The molecule has 0 aliphatic rings. The lowest BCUT2D eigenvalue weighted by Crippen LogP contribution is -2.25. The Morgan fingerprint density at radius 1 is 1.24 bits per heavy atom. The van der Waals surface area contributed by atoms with Gasteiger partial charge in [-0.1, -0.05) is 17.7 Å². The molecule has 96 valence electrons. The highest BCUT2D eigenvalue weighted by atomic mass is 35.5. The molecule has 1 aromatic rings. The molecule has 0 fully saturated rings. The molecule has 0 atom stereocenters. The molecule has 1 rings (SSSR count). The van der Waals surface area contributed by atoms with E-state index >= 15 is 0 Å². The number of hydrogen-bond donors (Lipinski definition) is 2. The predicted octanol–water partition coefficient (Wildman–Crippen LogP) is 2.00. The van der Waals surface area contributed by atoms with E-state index in [1.54, 1.807) is 0 Å². The van der Waals surface area contributed by atoms with Gasteiger partial charge in [-0.3, -0.25) is 4.79 Å². The fraction of sp³-hybridized carbons (Fsp3) is 0.462. The molecule has 0 aromatic heterocycles. The summed E-state index contributed by atoms with van der Waals surface area (Å²) in [7, 11) is 0. The van der Waals surface area contributed by atoms with Gasteiger partial charge in [-0.15, -0.1) is 12.4 Å². The van der Waals surface area contributed by atoms with Crippen molar-refractivity contribution in [3.8, 4) is 0 Å². The van der Waals surface area contributed by atoms with E-state index in [4.69, 9.17) is 5.73 Å². The molecule has 0 aliphatic carbocycles. The van der Waals surface area contributed by atoms with Crippen molar-refractivity contribution in [3.05, 3.63) is 34.4 Å². The van der Waals surface area contributed by atoms with Gasteiger partial charge in [-0.2, -0.15) is 0 Å². The topological polar surface area (TPSA) is 55.1 Å². The van der Waals surface area contributed by atoms with Gasteiger partial charge in [-0.25, -0.2) is 0 Å². The Morgan fingerprint density at radius 2 is 1.76 bits per heavy atom. The summed E-state index contributed by atoms with van der Waals surface area (Å²) < 4.78 is 0. The van der Waals surface area contributed by atoms with Gasteiger partial charge in [0.2, 0.25) is 5.91 Å². The summed E-state index contributed by atoms with van der Waals surface area (Å²) in [5.74, 6) is 0.0156. The van der Waals surface area contributed by atoms with Crippen LogP contribution in [-0.2, 0) is 11.3 Å². The van der Waals surface area contributed by atoms with Crippen LogP contribution in [0.15, 0.2) is 12.1 Å². The number of halogens is 1. The molecule has 17 heavy (non-hydrogen) atoms. The first-order valence-electron chi connectivity index (χ1n) is 5.58. The van der Waals surface area contributed by atoms with E-state index in [9.17, 15) is 4.79 Å². The lowest BCUT2D eigenvalue weighted by molar-refractivity contribution is -0.121. The van der Waals surface area contributed by atoms with Gasteiger partial charge in [-0.05, 0) is 37.5 Å². The SMILES string of the molecule is Cc1cc(C)c(CNC(=O)CCN)c(C)c1.Cl. The highest BCUT2D eigenvalue weighted by Gasteiger charge is 2.05. The van der Waals surface area contributed by atoms with Crippen molar-refractivity contribution in [2.75, 3.05) is 6.54 Å². The van der Waals surface area contributed by atoms with Gasteiger partial charge in [0.15, 0.2) is 0 Å². The number of nitrogens with one attached hydrogen (secondary N) is 1. The molecular weight excluding hydrogens is 236 g/mol. The average Bonchev–Trinajstić information content (AvgIpc) is 2.16. The number of benzene rings is 1. The quantitative estimate of drug-likeness (QED) is 0.866. The molecule has 3 N–H and O–H groups in total. The van der Waals surface area contributed by atoms with Gasteiger partial charge < -0.3 is 11.1 Å². The zero-order valence-corrected chi connectivity index (χ0v) is 11.5. The summed E-state index contributed by atoms with van der Waals surface area (Å²) in [5, 5.41) is 2.88. The molecule has 4 heteroatoms. The van der Waals surface area contributed by atoms with Crippen molar-refractivity contribution >= 4 is 18.3 Å². The molecule has 0 unspecified atom stereocenters. The van der Waals surface area contributed by atoms with Crippen LogP contribution < -0.4 is 11.1 Å². The molecule has 3 nitrogen and oxygen atoms in total. The normalized spacial score (nSPS) is 9.65. The van der Waals surface area contributed by atoms with Crippen LogP contribution in [0, 0.1) is 20.8 Å². The molecule has 0 spiro atoms. The number of carbonyl (C=O) groups is 1. The first kappa shape index (κ1) is 15.9. The fourth-order valence-electron chi connectivity index (χ4n) is 1.90. The maximum Gasteiger partial charge on any atom is 0.221 e. The van der Waals surface area contributed by atoms with Crippen LogP contribution in [0.25, 0.3) is 0 Å². The van der Waals surface area contributed by atoms with Crippen molar-refractivity contribution in [2.45, 2.75) is 33.7 Å². The average molecular weight is 257 g/mol. The van der Waals surface area contributed by atoms with E-state index in [0.29, 0.717) is 19.5 Å². The van der Waals surface area contributed by atoms with Crippen LogP contribution in [0.4, 0.5) is 0 Å². The first-order valence-corrected chi connectivity index (χ1v) is 5.58. The van der Waals surface area contributed by atoms with E-state index in [1.807, 2.05) is 0 Å². The summed E-state index contributed by atoms with van der Waals surface area (Å²) in [6.07, 6.45) is 0.393. The zero-order valence-electron chi connectivity index (χ0n) is 10.7. The molecule has 0 bridgehead atoms. The summed E-state index contributed by atoms with van der Waals surface area (Å²) in [4.78, 5) is 11.3. The number of aryl methyl sites for hydroxylation is 3. The standard InChI is InChI=1S/C13H20N2O.ClH/c1-9-6-10(2)12(11(3)7-9)8-15-13(16)4-5-14;/h6-7H,4-5,8,14H2,1-3H3,(H,15,16);1H. The van der Waals surface area contributed by atoms with Crippen molar-refractivity contribution in [2.24, 2.45) is 5.73 Å². The molecule has 1 aromatic carbocycles. The molecule has 1 amide bonds. The van der Waals surface area contributed by atoms with Gasteiger partial charge in [0.05, 0.1) is 0 Å². The Morgan fingerprint density at radius 3 is 2.24 bits per heavy atom. The fourth-order valence-corrected chi connectivity index (χ4v) is 1.90. The summed E-state index contributed by atoms with van der Waals surface area (Å²) in [6, 6.07) is 4.27. The number of rotatable bonds is 4. The van der Waals surface area contributed by atoms with E-state index < -0.39 is 0 Å². The van der Waals surface area contributed by atoms with E-state index in [-0.39, 0.29) is 18.3 Å². The second kappa shape index (κ2) is 7.30. The number of carbonyl (C=O) groups excluding carboxylic acids is 1. The molecule has 0 saturated heterocycles. The summed E-state index contributed by atoms with van der Waals surface area (Å²) in [6.45, 7) is 7.22. The van der Waals surface area contributed by atoms with Gasteiger partial charge in [0.1, 0.15) is 0 Å². The number of nitrogens with two attached hydrogens (primary N) is 1. The van der Waals surface area contributed by atoms with Crippen LogP contribution >= 0.6 is 12.4 Å². The molecule has 0 radical (unpaired) electrons. The van der Waals surface area contributed by atoms with Crippen molar-refractivity contribution < 1.29 is 4.79 Å². The highest BCUT2D eigenvalue weighted by Crippen LogP contribution is 2.15. The van der Waals surface area contributed by atoms with E-state index in [2.05, 4.69) is 38.2 Å². The Hall–Kier alpha value is -1.06. The summed E-state index contributed by atoms with van der Waals surface area (Å²) >= 11 is 0. The minimum atomic E-state index is 0. The predicted molar refractivity (Wildman–Crippen MR) is 73.4 cm³/mol. The Bertz CT molecular complexity index is 368. The lowest BCUT2D eigenvalue weighted by atomic mass is 10.00. The maximum atomic E-state index is 11.3.